The summed E-state index contributed by atoms with van der Waals surface area (Å²) < 4.78 is 27.1. The van der Waals surface area contributed by atoms with Crippen LogP contribution in [0.25, 0.3) is 11.2 Å². The van der Waals surface area contributed by atoms with Gasteiger partial charge in [0, 0.05) is 18.2 Å². The predicted octanol–water partition coefficient (Wildman–Crippen LogP) is 2.96. The molecule has 0 aliphatic rings. The molecule has 2 heterocycles. The van der Waals surface area contributed by atoms with Crippen LogP contribution >= 0.6 is 0 Å². The highest BCUT2D eigenvalue weighted by molar-refractivity contribution is 7.92. The van der Waals surface area contributed by atoms with Gasteiger partial charge in [-0.3, -0.25) is 19.1 Å². The summed E-state index contributed by atoms with van der Waals surface area (Å²) >= 11 is 0. The van der Waals surface area contributed by atoms with E-state index in [0.29, 0.717) is 30.1 Å². The van der Waals surface area contributed by atoms with E-state index in [0.717, 1.165) is 30.2 Å². The number of hydrogen-bond acceptors (Lipinski definition) is 5. The summed E-state index contributed by atoms with van der Waals surface area (Å²) in [4.78, 5) is 35.2. The van der Waals surface area contributed by atoms with Crippen LogP contribution in [-0.4, -0.2) is 34.2 Å². The third-order valence-corrected chi connectivity index (χ3v) is 6.22. The van der Waals surface area contributed by atoms with E-state index >= 15 is 0 Å². The number of hydrogen-bond donors (Lipinski definition) is 3. The number of nitrogens with zero attached hydrogens (tertiary/aromatic N) is 2. The Morgan fingerprint density at radius 2 is 1.74 bits per heavy atom. The van der Waals surface area contributed by atoms with Crippen LogP contribution in [-0.2, 0) is 23.0 Å². The van der Waals surface area contributed by atoms with E-state index in [-0.39, 0.29) is 11.4 Å². The molecular weight excluding hydrogens is 454 g/mol. The second kappa shape index (κ2) is 9.68. The number of benzene rings is 2. The van der Waals surface area contributed by atoms with Gasteiger partial charge in [0.1, 0.15) is 11.3 Å². The van der Waals surface area contributed by atoms with Crippen molar-refractivity contribution in [2.75, 3.05) is 11.0 Å². The molecule has 3 N–H and O–H groups in total. The second-order valence-electron chi connectivity index (χ2n) is 8.32. The Bertz CT molecular complexity index is 1500. The summed E-state index contributed by atoms with van der Waals surface area (Å²) in [6, 6.07) is 16.9. The molecule has 0 radical (unpaired) electrons. The van der Waals surface area contributed by atoms with E-state index in [1.54, 1.807) is 12.1 Å². The summed E-state index contributed by atoms with van der Waals surface area (Å²) in [6.45, 7) is 2.49. The molecule has 178 valence electrons. The van der Waals surface area contributed by atoms with Crippen LogP contribution in [0.3, 0.4) is 0 Å². The number of nitrogens with one attached hydrogen (secondary N) is 3. The monoisotopic (exact) mass is 481 g/mol. The van der Waals surface area contributed by atoms with Crippen molar-refractivity contribution < 1.29 is 8.42 Å². The maximum atomic E-state index is 12.5. The molecule has 34 heavy (non-hydrogen) atoms. The van der Waals surface area contributed by atoms with Crippen LogP contribution in [0, 0.1) is 0 Å². The molecule has 0 saturated carbocycles. The zero-order valence-electron chi connectivity index (χ0n) is 19.0. The van der Waals surface area contributed by atoms with Gasteiger partial charge in [0.05, 0.1) is 6.26 Å². The maximum Gasteiger partial charge on any atom is 0.330 e. The molecule has 2 aromatic carbocycles. The van der Waals surface area contributed by atoms with Crippen molar-refractivity contribution in [3.63, 3.8) is 0 Å². The molecule has 0 saturated heterocycles. The number of aromatic amines is 2. The molecular formula is C24H27N5O4S. The minimum Gasteiger partial charge on any atom is -0.336 e. The summed E-state index contributed by atoms with van der Waals surface area (Å²) in [5, 5.41) is 0. The standard InChI is InChI=1S/C24H27N5O4S/c1-3-4-14-29-22-20(23(30)27-24(29)31)25-21(26-22)19(15-16-8-6-5-7-9-16)17-10-12-18(13-11-17)28-34(2,32)33/h5-13,19,28H,3-4,14-15H2,1-2H3,(H,25,26)(H,27,30,31). The van der Waals surface area contributed by atoms with Crippen LogP contribution in [0.2, 0.25) is 0 Å². The molecule has 10 heteroatoms. The quantitative estimate of drug-likeness (QED) is 0.338. The Labute approximate surface area is 196 Å². The first-order chi connectivity index (χ1) is 16.2. The largest absolute Gasteiger partial charge is 0.336 e. The third kappa shape index (κ3) is 5.28. The van der Waals surface area contributed by atoms with Gasteiger partial charge < -0.3 is 4.98 Å². The fourth-order valence-corrected chi connectivity index (χ4v) is 4.53. The van der Waals surface area contributed by atoms with Crippen molar-refractivity contribution >= 4 is 26.9 Å². The van der Waals surface area contributed by atoms with Gasteiger partial charge in [-0.2, -0.15) is 0 Å². The number of aryl methyl sites for hydroxylation is 1. The molecule has 0 amide bonds. The van der Waals surface area contributed by atoms with E-state index < -0.39 is 21.3 Å². The van der Waals surface area contributed by atoms with Gasteiger partial charge in [-0.15, -0.1) is 0 Å². The molecule has 2 aromatic heterocycles. The third-order valence-electron chi connectivity index (χ3n) is 5.62. The zero-order valence-corrected chi connectivity index (χ0v) is 19.9. The number of unbranched alkanes of at least 4 members (excludes halogenated alkanes) is 1. The Morgan fingerprint density at radius 1 is 1.03 bits per heavy atom. The number of aromatic nitrogens is 4. The fourth-order valence-electron chi connectivity index (χ4n) is 3.97. The van der Waals surface area contributed by atoms with Crippen LogP contribution in [0.5, 0.6) is 0 Å². The number of H-pyrrole nitrogens is 2. The van der Waals surface area contributed by atoms with Gasteiger partial charge in [0.25, 0.3) is 5.56 Å². The van der Waals surface area contributed by atoms with Crippen molar-refractivity contribution in [2.24, 2.45) is 0 Å². The SMILES string of the molecule is CCCCn1c(=O)[nH]c(=O)c2[nH]c(C(Cc3ccccc3)c3ccc(NS(C)(=O)=O)cc3)nc21. The van der Waals surface area contributed by atoms with Crippen molar-refractivity contribution in [1.82, 2.24) is 19.5 Å². The van der Waals surface area contributed by atoms with Gasteiger partial charge in [-0.05, 0) is 36.1 Å². The lowest BCUT2D eigenvalue weighted by molar-refractivity contribution is 0.607. The molecule has 0 spiro atoms. The molecule has 9 nitrogen and oxygen atoms in total. The van der Waals surface area contributed by atoms with Crippen molar-refractivity contribution in [1.29, 1.82) is 0 Å². The normalized spacial score (nSPS) is 12.6. The molecule has 4 aromatic rings. The molecule has 0 fully saturated rings. The number of imidazole rings is 1. The van der Waals surface area contributed by atoms with Gasteiger partial charge >= 0.3 is 5.69 Å². The lowest BCUT2D eigenvalue weighted by Crippen LogP contribution is -2.30. The molecule has 4 rings (SSSR count). The minimum absolute atomic E-state index is 0.254. The van der Waals surface area contributed by atoms with Gasteiger partial charge in [-0.1, -0.05) is 55.8 Å². The van der Waals surface area contributed by atoms with E-state index in [1.165, 1.54) is 4.57 Å². The van der Waals surface area contributed by atoms with Crippen molar-refractivity contribution in [2.45, 2.75) is 38.6 Å². The Balaban J connectivity index is 1.81. The topological polar surface area (TPSA) is 130 Å². The van der Waals surface area contributed by atoms with E-state index in [4.69, 9.17) is 4.98 Å². The average molecular weight is 482 g/mol. The van der Waals surface area contributed by atoms with Gasteiger partial charge in [0.2, 0.25) is 10.0 Å². The maximum absolute atomic E-state index is 12.5. The van der Waals surface area contributed by atoms with Gasteiger partial charge in [-0.25, -0.2) is 18.2 Å². The number of fused-ring (bicyclic) bond motifs is 1. The predicted molar refractivity (Wildman–Crippen MR) is 133 cm³/mol. The number of sulfonamides is 1. The van der Waals surface area contributed by atoms with Crippen LogP contribution < -0.4 is 16.0 Å². The Kier molecular flexibility index (Phi) is 6.69. The zero-order chi connectivity index (χ0) is 24.3. The van der Waals surface area contributed by atoms with E-state index in [9.17, 15) is 18.0 Å². The number of rotatable bonds is 9. The van der Waals surface area contributed by atoms with Gasteiger partial charge in [0.15, 0.2) is 5.65 Å². The van der Waals surface area contributed by atoms with Crippen LogP contribution in [0.4, 0.5) is 5.69 Å². The van der Waals surface area contributed by atoms with Crippen LogP contribution in [0.15, 0.2) is 64.2 Å². The summed E-state index contributed by atoms with van der Waals surface area (Å²) in [6.07, 6.45) is 3.38. The first kappa shape index (κ1) is 23.5. The highest BCUT2D eigenvalue weighted by atomic mass is 32.2. The molecule has 1 atom stereocenters. The molecule has 1 unspecified atom stereocenters. The number of anilines is 1. The molecule has 0 aliphatic heterocycles. The Morgan fingerprint density at radius 3 is 2.38 bits per heavy atom. The van der Waals surface area contributed by atoms with E-state index in [1.807, 2.05) is 49.4 Å². The lowest BCUT2D eigenvalue weighted by Gasteiger charge is -2.16. The highest BCUT2D eigenvalue weighted by Gasteiger charge is 2.22. The summed E-state index contributed by atoms with van der Waals surface area (Å²) in [7, 11) is -3.39. The fraction of sp³-hybridized carbons (Fsp3) is 0.292. The smallest absolute Gasteiger partial charge is 0.330 e. The summed E-state index contributed by atoms with van der Waals surface area (Å²) in [5.41, 5.74) is 2.05. The molecule has 0 bridgehead atoms. The first-order valence-corrected chi connectivity index (χ1v) is 13.0. The second-order valence-corrected chi connectivity index (χ2v) is 10.1. The summed E-state index contributed by atoms with van der Waals surface area (Å²) in [5.74, 6) is 0.306. The first-order valence-electron chi connectivity index (χ1n) is 11.1. The Hall–Kier alpha value is -3.66. The van der Waals surface area contributed by atoms with E-state index in [2.05, 4.69) is 14.7 Å². The van der Waals surface area contributed by atoms with Crippen LogP contribution in [0.1, 0.15) is 42.6 Å². The minimum atomic E-state index is -3.39. The molecule has 0 aliphatic carbocycles. The van der Waals surface area contributed by atoms with Crippen molar-refractivity contribution in [3.8, 4) is 0 Å². The highest BCUT2D eigenvalue weighted by Crippen LogP contribution is 2.29. The lowest BCUT2D eigenvalue weighted by atomic mass is 9.91. The average Bonchev–Trinajstić information content (AvgIpc) is 3.23. The van der Waals surface area contributed by atoms with Crippen molar-refractivity contribution in [3.05, 3.63) is 92.4 Å².